The molecule has 0 saturated carbocycles. The highest BCUT2D eigenvalue weighted by Crippen LogP contribution is 2.17. The third-order valence-electron chi connectivity index (χ3n) is 4.03. The highest BCUT2D eigenvalue weighted by atomic mass is 16.5. The average Bonchev–Trinajstić information content (AvgIpc) is 2.74. The lowest BCUT2D eigenvalue weighted by atomic mass is 10.2. The van der Waals surface area contributed by atoms with E-state index in [1.54, 1.807) is 54.6 Å². The van der Waals surface area contributed by atoms with E-state index in [4.69, 9.17) is 9.47 Å². The van der Waals surface area contributed by atoms with Gasteiger partial charge >= 0.3 is 5.97 Å². The van der Waals surface area contributed by atoms with Crippen LogP contribution in [0.15, 0.2) is 84.9 Å². The lowest BCUT2D eigenvalue weighted by Crippen LogP contribution is -2.29. The second-order valence-electron chi connectivity index (χ2n) is 6.20. The van der Waals surface area contributed by atoms with Crippen LogP contribution in [0.3, 0.4) is 0 Å². The first-order valence-electron chi connectivity index (χ1n) is 8.95. The maximum atomic E-state index is 12.3. The zero-order chi connectivity index (χ0) is 19.8. The Morgan fingerprint density at radius 3 is 2.11 bits per heavy atom. The van der Waals surface area contributed by atoms with E-state index < -0.39 is 18.0 Å². The van der Waals surface area contributed by atoms with Crippen molar-refractivity contribution in [2.75, 3.05) is 5.32 Å². The van der Waals surface area contributed by atoms with Crippen molar-refractivity contribution in [1.82, 2.24) is 0 Å². The predicted octanol–water partition coefficient (Wildman–Crippen LogP) is 4.45. The van der Waals surface area contributed by atoms with Gasteiger partial charge < -0.3 is 14.8 Å². The first-order valence-corrected chi connectivity index (χ1v) is 8.95. The van der Waals surface area contributed by atoms with Gasteiger partial charge in [-0.25, -0.2) is 4.79 Å². The minimum atomic E-state index is -0.915. The molecule has 0 aliphatic heterocycles. The first-order chi connectivity index (χ1) is 13.6. The fraction of sp³-hybridized carbons (Fsp3) is 0.130. The van der Waals surface area contributed by atoms with Gasteiger partial charge in [-0.15, -0.1) is 0 Å². The number of rotatable bonds is 7. The molecule has 0 aliphatic carbocycles. The van der Waals surface area contributed by atoms with Gasteiger partial charge in [0.05, 0.1) is 5.56 Å². The molecule has 0 radical (unpaired) electrons. The zero-order valence-electron chi connectivity index (χ0n) is 15.5. The van der Waals surface area contributed by atoms with Crippen LogP contribution in [0.5, 0.6) is 5.75 Å². The Bertz CT molecular complexity index is 908. The van der Waals surface area contributed by atoms with Gasteiger partial charge in [0.25, 0.3) is 5.91 Å². The molecule has 0 bridgehead atoms. The standard InChI is InChI=1S/C23H21NO4/c1-17(28-23(26)19-10-6-3-7-11-19)22(25)24-20-12-14-21(15-13-20)27-16-18-8-4-2-5-9-18/h2-15,17H,16H2,1H3,(H,24,25)/t17-/m1/s1. The normalized spacial score (nSPS) is 11.3. The van der Waals surface area contributed by atoms with Crippen LogP contribution in [-0.4, -0.2) is 18.0 Å². The summed E-state index contributed by atoms with van der Waals surface area (Å²) in [5.41, 5.74) is 2.08. The summed E-state index contributed by atoms with van der Waals surface area (Å²) in [5.74, 6) is -0.236. The van der Waals surface area contributed by atoms with Crippen LogP contribution in [0.1, 0.15) is 22.8 Å². The molecule has 3 aromatic rings. The molecule has 3 rings (SSSR count). The van der Waals surface area contributed by atoms with Crippen molar-refractivity contribution in [3.05, 3.63) is 96.1 Å². The van der Waals surface area contributed by atoms with Crippen molar-refractivity contribution in [2.45, 2.75) is 19.6 Å². The fourth-order valence-corrected chi connectivity index (χ4v) is 2.48. The van der Waals surface area contributed by atoms with Crippen molar-refractivity contribution >= 4 is 17.6 Å². The number of carbonyl (C=O) groups excluding carboxylic acids is 2. The Morgan fingerprint density at radius 1 is 0.857 bits per heavy atom. The zero-order valence-corrected chi connectivity index (χ0v) is 15.5. The largest absolute Gasteiger partial charge is 0.489 e. The molecule has 3 aromatic carbocycles. The lowest BCUT2D eigenvalue weighted by molar-refractivity contribution is -0.123. The first kappa shape index (κ1) is 19.2. The molecule has 0 aliphatic rings. The number of ether oxygens (including phenoxy) is 2. The molecule has 28 heavy (non-hydrogen) atoms. The molecular weight excluding hydrogens is 354 g/mol. The molecular formula is C23H21NO4. The summed E-state index contributed by atoms with van der Waals surface area (Å²) in [4.78, 5) is 24.3. The minimum Gasteiger partial charge on any atom is -0.489 e. The van der Waals surface area contributed by atoms with Crippen molar-refractivity contribution in [3.8, 4) is 5.75 Å². The third kappa shape index (κ3) is 5.45. The Labute approximate surface area is 163 Å². The summed E-state index contributed by atoms with van der Waals surface area (Å²) in [6, 6.07) is 25.5. The molecule has 0 spiro atoms. The minimum absolute atomic E-state index is 0.401. The summed E-state index contributed by atoms with van der Waals surface area (Å²) in [6.45, 7) is 2.01. The number of esters is 1. The second-order valence-corrected chi connectivity index (χ2v) is 6.20. The molecule has 5 nitrogen and oxygen atoms in total. The van der Waals surface area contributed by atoms with E-state index in [9.17, 15) is 9.59 Å². The van der Waals surface area contributed by atoms with Gasteiger partial charge in [0.1, 0.15) is 12.4 Å². The molecule has 0 fully saturated rings. The monoisotopic (exact) mass is 375 g/mol. The number of anilines is 1. The molecule has 0 unspecified atom stereocenters. The number of carbonyl (C=O) groups is 2. The van der Waals surface area contributed by atoms with Crippen molar-refractivity contribution in [2.24, 2.45) is 0 Å². The molecule has 0 heterocycles. The third-order valence-corrected chi connectivity index (χ3v) is 4.03. The van der Waals surface area contributed by atoms with Gasteiger partial charge in [-0.3, -0.25) is 4.79 Å². The van der Waals surface area contributed by atoms with E-state index >= 15 is 0 Å². The van der Waals surface area contributed by atoms with Crippen LogP contribution in [0.2, 0.25) is 0 Å². The van der Waals surface area contributed by atoms with Gasteiger partial charge in [-0.05, 0) is 48.9 Å². The van der Waals surface area contributed by atoms with Gasteiger partial charge in [0.15, 0.2) is 6.10 Å². The topological polar surface area (TPSA) is 64.6 Å². The maximum Gasteiger partial charge on any atom is 0.338 e. The van der Waals surface area contributed by atoms with E-state index in [-0.39, 0.29) is 0 Å². The summed E-state index contributed by atoms with van der Waals surface area (Å²) in [5, 5.41) is 2.73. The number of benzene rings is 3. The molecule has 1 amide bonds. The summed E-state index contributed by atoms with van der Waals surface area (Å²) >= 11 is 0. The van der Waals surface area contributed by atoms with Crippen LogP contribution in [0, 0.1) is 0 Å². The van der Waals surface area contributed by atoms with E-state index in [0.29, 0.717) is 23.6 Å². The lowest BCUT2D eigenvalue weighted by Gasteiger charge is -2.14. The highest BCUT2D eigenvalue weighted by Gasteiger charge is 2.18. The summed E-state index contributed by atoms with van der Waals surface area (Å²) in [7, 11) is 0. The van der Waals surface area contributed by atoms with E-state index in [1.165, 1.54) is 6.92 Å². The Balaban J connectivity index is 1.50. The second kappa shape index (κ2) is 9.37. The van der Waals surface area contributed by atoms with Crippen LogP contribution >= 0.6 is 0 Å². The van der Waals surface area contributed by atoms with Gasteiger partial charge in [-0.1, -0.05) is 48.5 Å². The van der Waals surface area contributed by atoms with E-state index in [2.05, 4.69) is 5.32 Å². The average molecular weight is 375 g/mol. The maximum absolute atomic E-state index is 12.3. The van der Waals surface area contributed by atoms with Gasteiger partial charge in [0.2, 0.25) is 0 Å². The molecule has 1 atom stereocenters. The van der Waals surface area contributed by atoms with E-state index in [1.807, 2.05) is 30.3 Å². The van der Waals surface area contributed by atoms with Gasteiger partial charge in [-0.2, -0.15) is 0 Å². The van der Waals surface area contributed by atoms with E-state index in [0.717, 1.165) is 5.56 Å². The Morgan fingerprint density at radius 2 is 1.46 bits per heavy atom. The number of hydrogen-bond donors (Lipinski definition) is 1. The molecule has 0 saturated heterocycles. The molecule has 142 valence electrons. The van der Waals surface area contributed by atoms with Gasteiger partial charge in [0, 0.05) is 5.69 Å². The number of nitrogens with one attached hydrogen (secondary N) is 1. The summed E-state index contributed by atoms with van der Waals surface area (Å²) < 4.78 is 10.9. The quantitative estimate of drug-likeness (QED) is 0.620. The van der Waals surface area contributed by atoms with Crippen LogP contribution in [-0.2, 0) is 16.1 Å². The van der Waals surface area contributed by atoms with Crippen molar-refractivity contribution in [3.63, 3.8) is 0 Å². The predicted molar refractivity (Wildman–Crippen MR) is 107 cm³/mol. The van der Waals surface area contributed by atoms with Crippen LogP contribution in [0.4, 0.5) is 5.69 Å². The van der Waals surface area contributed by atoms with Crippen molar-refractivity contribution in [1.29, 1.82) is 0 Å². The molecule has 0 aromatic heterocycles. The molecule has 1 N–H and O–H groups in total. The van der Waals surface area contributed by atoms with Crippen molar-refractivity contribution < 1.29 is 19.1 Å². The highest BCUT2D eigenvalue weighted by molar-refractivity contribution is 5.97. The smallest absolute Gasteiger partial charge is 0.338 e. The summed E-state index contributed by atoms with van der Waals surface area (Å²) in [6.07, 6.45) is -0.915. The molecule has 5 heteroatoms. The Hall–Kier alpha value is -3.60. The number of hydrogen-bond acceptors (Lipinski definition) is 4. The SMILES string of the molecule is C[C@@H](OC(=O)c1ccccc1)C(=O)Nc1ccc(OCc2ccccc2)cc1. The number of amides is 1. The van der Waals surface area contributed by atoms with Crippen LogP contribution < -0.4 is 10.1 Å². The van der Waals surface area contributed by atoms with Crippen LogP contribution in [0.25, 0.3) is 0 Å². The Kier molecular flexibility index (Phi) is 6.41. The fourth-order valence-electron chi connectivity index (χ4n) is 2.48.